The van der Waals surface area contributed by atoms with Crippen molar-refractivity contribution in [1.82, 2.24) is 34.6 Å². The first-order chi connectivity index (χ1) is 25.4. The third kappa shape index (κ3) is 8.44. The second-order valence-corrected chi connectivity index (χ2v) is 14.4. The van der Waals surface area contributed by atoms with Crippen LogP contribution in [0.4, 0.5) is 46.4 Å². The third-order valence-electron chi connectivity index (χ3n) is 10.6. The van der Waals surface area contributed by atoms with Gasteiger partial charge in [0.25, 0.3) is 5.91 Å². The molecule has 3 aliphatic heterocycles. The highest BCUT2D eigenvalue weighted by molar-refractivity contribution is 6.05. The van der Waals surface area contributed by atoms with Crippen LogP contribution in [0.5, 0.6) is 0 Å². The molecule has 3 aliphatic rings. The molecule has 3 saturated heterocycles. The smallest absolute Gasteiger partial charge is 0.367 e. The first kappa shape index (κ1) is 36.7. The maximum absolute atomic E-state index is 15.2. The van der Waals surface area contributed by atoms with E-state index in [1.807, 2.05) is 18.9 Å². The number of alkyl halides is 3. The number of nitrogens with zero attached hydrogens (tertiary/aromatic N) is 9. The molecule has 16 heteroatoms. The van der Waals surface area contributed by atoms with Crippen LogP contribution in [0.15, 0.2) is 42.9 Å². The summed E-state index contributed by atoms with van der Waals surface area (Å²) in [5.74, 6) is -0.253. The second-order valence-electron chi connectivity index (χ2n) is 14.4. The molecule has 3 fully saturated rings. The molecule has 2 aromatic carbocycles. The van der Waals surface area contributed by atoms with E-state index in [0.29, 0.717) is 60.7 Å². The zero-order valence-electron chi connectivity index (χ0n) is 30.3. The number of piperidine rings is 1. The number of hydrogen-bond donors (Lipinski definition) is 2. The first-order valence-corrected chi connectivity index (χ1v) is 18.1. The standard InChI is InChI=1S/C37H45F4N11O/c1-24-4-5-26(35(53)45-27-19-28(37(39,40)41)32(38)31(20-27)51-14-10-49(3)11-15-51)18-29(24)46-34-33-30(43-23-44-34)21-42-36(47-33)52-16-12-50(13-17-52)22-25-6-8-48(2)9-7-25/h4-5,18-21,23,25H,6-17,22H2,1-3H3,(H,45,53)(H,43,44,46). The Balaban J connectivity index is 1.07. The van der Waals surface area contributed by atoms with Crippen molar-refractivity contribution in [1.29, 1.82) is 0 Å². The summed E-state index contributed by atoms with van der Waals surface area (Å²) in [6.45, 7) is 10.6. The molecule has 0 unspecified atom stereocenters. The van der Waals surface area contributed by atoms with Crippen molar-refractivity contribution < 1.29 is 22.4 Å². The zero-order chi connectivity index (χ0) is 37.3. The fourth-order valence-corrected chi connectivity index (χ4v) is 7.22. The van der Waals surface area contributed by atoms with Crippen molar-refractivity contribution in [2.45, 2.75) is 25.9 Å². The average molecular weight is 736 g/mol. The van der Waals surface area contributed by atoms with Gasteiger partial charge in [-0.1, -0.05) is 6.07 Å². The number of nitrogens with one attached hydrogen (secondary N) is 2. The molecule has 0 spiro atoms. The van der Waals surface area contributed by atoms with E-state index in [1.165, 1.54) is 25.2 Å². The minimum atomic E-state index is -4.95. The number of piperazine rings is 2. The Kier molecular flexibility index (Phi) is 10.6. The lowest BCUT2D eigenvalue weighted by Crippen LogP contribution is -2.49. The number of anilines is 5. The number of carbonyl (C=O) groups excluding carboxylic acids is 1. The Morgan fingerprint density at radius 2 is 1.57 bits per heavy atom. The van der Waals surface area contributed by atoms with Gasteiger partial charge in [0, 0.05) is 75.8 Å². The maximum atomic E-state index is 15.2. The number of aromatic nitrogens is 4. The summed E-state index contributed by atoms with van der Waals surface area (Å²) in [6, 6.07) is 6.81. The largest absolute Gasteiger partial charge is 0.419 e. The summed E-state index contributed by atoms with van der Waals surface area (Å²) >= 11 is 0. The fraction of sp³-hybridized carbons (Fsp3) is 0.486. The number of aryl methyl sites for hydroxylation is 1. The van der Waals surface area contributed by atoms with Crippen molar-refractivity contribution in [3.63, 3.8) is 0 Å². The van der Waals surface area contributed by atoms with E-state index in [1.54, 1.807) is 29.3 Å². The molecule has 0 saturated carbocycles. The molecule has 53 heavy (non-hydrogen) atoms. The second kappa shape index (κ2) is 15.4. The van der Waals surface area contributed by atoms with Crippen LogP contribution in [-0.4, -0.2) is 127 Å². The molecule has 0 radical (unpaired) electrons. The fourth-order valence-electron chi connectivity index (χ4n) is 7.22. The monoisotopic (exact) mass is 735 g/mol. The molecule has 2 N–H and O–H groups in total. The van der Waals surface area contributed by atoms with Crippen LogP contribution in [-0.2, 0) is 6.18 Å². The van der Waals surface area contributed by atoms with E-state index >= 15 is 4.39 Å². The SMILES string of the molecule is Cc1ccc(C(=O)Nc2cc(N3CCN(C)CC3)c(F)c(C(F)(F)F)c2)cc1Nc1ncnc2cnc(N3CCN(CC4CCN(C)CC4)CC3)nc12. The van der Waals surface area contributed by atoms with E-state index < -0.39 is 23.5 Å². The molecule has 0 aliphatic carbocycles. The number of carbonyl (C=O) groups is 1. The zero-order valence-corrected chi connectivity index (χ0v) is 30.3. The van der Waals surface area contributed by atoms with Crippen LogP contribution >= 0.6 is 0 Å². The van der Waals surface area contributed by atoms with Gasteiger partial charge in [-0.15, -0.1) is 0 Å². The Hall–Kier alpha value is -4.67. The van der Waals surface area contributed by atoms with Gasteiger partial charge in [-0.2, -0.15) is 13.2 Å². The van der Waals surface area contributed by atoms with Crippen molar-refractivity contribution in [2.75, 3.05) is 107 Å². The van der Waals surface area contributed by atoms with E-state index in [2.05, 4.69) is 47.3 Å². The molecule has 7 rings (SSSR count). The maximum Gasteiger partial charge on any atom is 0.419 e. The van der Waals surface area contributed by atoms with Crippen molar-refractivity contribution in [3.05, 3.63) is 65.4 Å². The molecule has 5 heterocycles. The molecule has 12 nitrogen and oxygen atoms in total. The molecule has 0 bridgehead atoms. The Bertz CT molecular complexity index is 1940. The van der Waals surface area contributed by atoms with Gasteiger partial charge in [0.05, 0.1) is 17.4 Å². The lowest BCUT2D eigenvalue weighted by atomic mass is 9.96. The molecule has 4 aromatic rings. The lowest BCUT2D eigenvalue weighted by Gasteiger charge is -2.38. The number of likely N-dealkylation sites (tertiary alicyclic amines) is 1. The number of rotatable bonds is 8. The van der Waals surface area contributed by atoms with E-state index in [0.717, 1.165) is 57.3 Å². The highest BCUT2D eigenvalue weighted by atomic mass is 19.4. The Morgan fingerprint density at radius 1 is 0.868 bits per heavy atom. The van der Waals surface area contributed by atoms with E-state index in [-0.39, 0.29) is 16.9 Å². The minimum Gasteiger partial charge on any atom is -0.367 e. The van der Waals surface area contributed by atoms with Crippen LogP contribution in [0.1, 0.15) is 34.3 Å². The summed E-state index contributed by atoms with van der Waals surface area (Å²) in [5, 5.41) is 5.86. The average Bonchev–Trinajstić information content (AvgIpc) is 3.14. The number of hydrogen-bond acceptors (Lipinski definition) is 11. The third-order valence-corrected chi connectivity index (χ3v) is 10.6. The molecule has 1 amide bonds. The van der Waals surface area contributed by atoms with Gasteiger partial charge in [0.2, 0.25) is 5.95 Å². The summed E-state index contributed by atoms with van der Waals surface area (Å²) in [7, 11) is 4.08. The normalized spacial score (nSPS) is 18.5. The number of benzene rings is 2. The molecular weight excluding hydrogens is 690 g/mol. The predicted molar refractivity (Wildman–Crippen MR) is 198 cm³/mol. The Labute approximate surface area is 306 Å². The Morgan fingerprint density at radius 3 is 2.28 bits per heavy atom. The van der Waals surface area contributed by atoms with Crippen molar-refractivity contribution in [2.24, 2.45) is 5.92 Å². The van der Waals surface area contributed by atoms with Crippen LogP contribution in [0, 0.1) is 18.7 Å². The van der Waals surface area contributed by atoms with Gasteiger partial charge in [-0.25, -0.2) is 24.3 Å². The van der Waals surface area contributed by atoms with Crippen molar-refractivity contribution in [3.8, 4) is 0 Å². The topological polar surface area (TPSA) is 109 Å². The number of halogens is 4. The summed E-state index contributed by atoms with van der Waals surface area (Å²) in [4.78, 5) is 42.5. The van der Waals surface area contributed by atoms with E-state index in [9.17, 15) is 18.0 Å². The van der Waals surface area contributed by atoms with Gasteiger partial charge in [-0.05, 0) is 82.7 Å². The van der Waals surface area contributed by atoms with Crippen LogP contribution in [0.3, 0.4) is 0 Å². The molecule has 0 atom stereocenters. The van der Waals surface area contributed by atoms with Gasteiger partial charge in [0.15, 0.2) is 11.6 Å². The lowest BCUT2D eigenvalue weighted by molar-refractivity contribution is -0.139. The number of amides is 1. The number of fused-ring (bicyclic) bond motifs is 1. The first-order valence-electron chi connectivity index (χ1n) is 18.1. The minimum absolute atomic E-state index is 0.151. The predicted octanol–water partition coefficient (Wildman–Crippen LogP) is 5.10. The van der Waals surface area contributed by atoms with E-state index in [4.69, 9.17) is 4.98 Å². The summed E-state index contributed by atoms with van der Waals surface area (Å²) in [5.41, 5.74) is 0.818. The van der Waals surface area contributed by atoms with Gasteiger partial charge in [0.1, 0.15) is 17.4 Å². The van der Waals surface area contributed by atoms with Crippen LogP contribution in [0.25, 0.3) is 11.0 Å². The summed E-state index contributed by atoms with van der Waals surface area (Å²) < 4.78 is 57.0. The van der Waals surface area contributed by atoms with Gasteiger partial charge < -0.3 is 30.2 Å². The molecule has 282 valence electrons. The van der Waals surface area contributed by atoms with Gasteiger partial charge >= 0.3 is 6.18 Å². The molecule has 2 aromatic heterocycles. The highest BCUT2D eigenvalue weighted by Gasteiger charge is 2.37. The quantitative estimate of drug-likeness (QED) is 0.236. The van der Waals surface area contributed by atoms with Crippen LogP contribution in [0.2, 0.25) is 0 Å². The van der Waals surface area contributed by atoms with Crippen LogP contribution < -0.4 is 20.4 Å². The summed E-state index contributed by atoms with van der Waals surface area (Å²) in [6.07, 6.45) is 0.620. The van der Waals surface area contributed by atoms with Crippen molar-refractivity contribution >= 4 is 45.8 Å². The number of likely N-dealkylation sites (N-methyl/N-ethyl adjacent to an activating group) is 1. The van der Waals surface area contributed by atoms with Gasteiger partial charge in [-0.3, -0.25) is 9.69 Å². The molecular formula is C37H45F4N11O. The highest BCUT2D eigenvalue weighted by Crippen LogP contribution is 2.38.